The number of carbonyl (C=O) groups is 1. The van der Waals surface area contributed by atoms with E-state index in [4.69, 9.17) is 0 Å². The molecule has 2 rings (SSSR count). The lowest BCUT2D eigenvalue weighted by molar-refractivity contribution is 0.0601. The molecule has 0 amide bonds. The fourth-order valence-electron chi connectivity index (χ4n) is 1.72. The van der Waals surface area contributed by atoms with Gasteiger partial charge in [-0.1, -0.05) is 12.1 Å². The van der Waals surface area contributed by atoms with Gasteiger partial charge in [0.05, 0.1) is 12.7 Å². The van der Waals surface area contributed by atoms with Gasteiger partial charge in [-0.3, -0.25) is 0 Å². The molecule has 1 N–H and O–H groups in total. The first-order chi connectivity index (χ1) is 7.63. The second kappa shape index (κ2) is 3.85. The van der Waals surface area contributed by atoms with Crippen molar-refractivity contribution in [3.63, 3.8) is 0 Å². The summed E-state index contributed by atoms with van der Waals surface area (Å²) in [6.07, 6.45) is 0. The Morgan fingerprint density at radius 2 is 2.00 bits per heavy atom. The van der Waals surface area contributed by atoms with Gasteiger partial charge in [0.2, 0.25) is 0 Å². The topological polar surface area (TPSA) is 46.5 Å². The average Bonchev–Trinajstić information content (AvgIpc) is 2.32. The highest BCUT2D eigenvalue weighted by Crippen LogP contribution is 2.26. The van der Waals surface area contributed by atoms with Crippen LogP contribution in [0.1, 0.15) is 15.9 Å². The molecular formula is C13H12O3. The van der Waals surface area contributed by atoms with Gasteiger partial charge in [-0.05, 0) is 41.5 Å². The molecule has 0 fully saturated rings. The molecule has 0 atom stereocenters. The van der Waals surface area contributed by atoms with Crippen LogP contribution in [-0.2, 0) is 4.74 Å². The van der Waals surface area contributed by atoms with Gasteiger partial charge in [0.15, 0.2) is 0 Å². The summed E-state index contributed by atoms with van der Waals surface area (Å²) in [4.78, 5) is 11.3. The van der Waals surface area contributed by atoms with E-state index >= 15 is 0 Å². The molecule has 0 saturated carbocycles. The molecule has 0 heterocycles. The molecule has 0 aromatic heterocycles. The quantitative estimate of drug-likeness (QED) is 0.745. The second-order valence-electron chi connectivity index (χ2n) is 3.64. The Bertz CT molecular complexity index is 558. The van der Waals surface area contributed by atoms with E-state index in [0.29, 0.717) is 5.56 Å². The lowest BCUT2D eigenvalue weighted by atomic mass is 10.0. The maximum atomic E-state index is 11.3. The SMILES string of the molecule is COC(=O)c1ccc2c(C)c(O)ccc2c1. The van der Waals surface area contributed by atoms with Crippen molar-refractivity contribution in [2.75, 3.05) is 7.11 Å². The Hall–Kier alpha value is -2.03. The molecule has 3 heteroatoms. The molecule has 0 unspecified atom stereocenters. The largest absolute Gasteiger partial charge is 0.508 e. The monoisotopic (exact) mass is 216 g/mol. The number of aryl methyl sites for hydroxylation is 1. The number of benzene rings is 2. The number of hydrogen-bond acceptors (Lipinski definition) is 3. The third-order valence-electron chi connectivity index (χ3n) is 2.68. The van der Waals surface area contributed by atoms with Crippen LogP contribution in [0, 0.1) is 6.92 Å². The zero-order chi connectivity index (χ0) is 11.7. The Morgan fingerprint density at radius 3 is 2.69 bits per heavy atom. The number of phenols is 1. The van der Waals surface area contributed by atoms with E-state index < -0.39 is 0 Å². The van der Waals surface area contributed by atoms with Crippen molar-refractivity contribution in [3.8, 4) is 5.75 Å². The number of phenolic OH excluding ortho intramolecular Hbond substituents is 1. The number of hydrogen-bond donors (Lipinski definition) is 1. The molecule has 16 heavy (non-hydrogen) atoms. The molecule has 0 bridgehead atoms. The Morgan fingerprint density at radius 1 is 1.25 bits per heavy atom. The van der Waals surface area contributed by atoms with Crippen molar-refractivity contribution in [1.82, 2.24) is 0 Å². The van der Waals surface area contributed by atoms with E-state index in [1.807, 2.05) is 13.0 Å². The molecule has 0 saturated heterocycles. The highest BCUT2D eigenvalue weighted by molar-refractivity contribution is 5.96. The van der Waals surface area contributed by atoms with Crippen LogP contribution in [0.2, 0.25) is 0 Å². The number of esters is 1. The van der Waals surface area contributed by atoms with Crippen LogP contribution in [0.25, 0.3) is 10.8 Å². The minimum atomic E-state index is -0.354. The molecule has 2 aromatic carbocycles. The first-order valence-corrected chi connectivity index (χ1v) is 4.94. The normalized spacial score (nSPS) is 10.4. The van der Waals surface area contributed by atoms with Gasteiger partial charge in [0.25, 0.3) is 0 Å². The highest BCUT2D eigenvalue weighted by Gasteiger charge is 2.08. The van der Waals surface area contributed by atoms with Gasteiger partial charge >= 0.3 is 5.97 Å². The van der Waals surface area contributed by atoms with Gasteiger partial charge in [-0.15, -0.1) is 0 Å². The van der Waals surface area contributed by atoms with E-state index in [1.165, 1.54) is 7.11 Å². The van der Waals surface area contributed by atoms with Crippen LogP contribution < -0.4 is 0 Å². The Kier molecular flexibility index (Phi) is 2.52. The van der Waals surface area contributed by atoms with Gasteiger partial charge in [-0.25, -0.2) is 4.79 Å². The minimum Gasteiger partial charge on any atom is -0.508 e. The van der Waals surface area contributed by atoms with Crippen LogP contribution in [0.5, 0.6) is 5.75 Å². The molecule has 3 nitrogen and oxygen atoms in total. The van der Waals surface area contributed by atoms with E-state index in [9.17, 15) is 9.90 Å². The smallest absolute Gasteiger partial charge is 0.337 e. The Balaban J connectivity index is 2.65. The zero-order valence-electron chi connectivity index (χ0n) is 9.15. The second-order valence-corrected chi connectivity index (χ2v) is 3.64. The Labute approximate surface area is 93.3 Å². The summed E-state index contributed by atoms with van der Waals surface area (Å²) in [6.45, 7) is 1.84. The van der Waals surface area contributed by atoms with Crippen LogP contribution in [0.4, 0.5) is 0 Å². The number of ether oxygens (including phenoxy) is 1. The average molecular weight is 216 g/mol. The van der Waals surface area contributed by atoms with Crippen molar-refractivity contribution >= 4 is 16.7 Å². The number of methoxy groups -OCH3 is 1. The number of carbonyl (C=O) groups excluding carboxylic acids is 1. The maximum Gasteiger partial charge on any atom is 0.337 e. The molecule has 0 radical (unpaired) electrons. The van der Waals surface area contributed by atoms with Gasteiger partial charge in [-0.2, -0.15) is 0 Å². The van der Waals surface area contributed by atoms with Crippen LogP contribution in [0.15, 0.2) is 30.3 Å². The van der Waals surface area contributed by atoms with Crippen molar-refractivity contribution in [2.24, 2.45) is 0 Å². The van der Waals surface area contributed by atoms with E-state index in [0.717, 1.165) is 16.3 Å². The predicted octanol–water partition coefficient (Wildman–Crippen LogP) is 2.64. The molecular weight excluding hydrogens is 204 g/mol. The minimum absolute atomic E-state index is 0.262. The van der Waals surface area contributed by atoms with Crippen LogP contribution >= 0.6 is 0 Å². The van der Waals surface area contributed by atoms with E-state index in [2.05, 4.69) is 4.74 Å². The van der Waals surface area contributed by atoms with Crippen molar-refractivity contribution < 1.29 is 14.6 Å². The summed E-state index contributed by atoms with van der Waals surface area (Å²) in [5, 5.41) is 11.4. The fourth-order valence-corrected chi connectivity index (χ4v) is 1.72. The molecule has 0 aliphatic carbocycles. The standard InChI is InChI=1S/C13H12O3/c1-8-11-5-3-10(13(15)16-2)7-9(11)4-6-12(8)14/h3-7,14H,1-2H3. The molecule has 0 spiro atoms. The van der Waals surface area contributed by atoms with Gasteiger partial charge in [0, 0.05) is 0 Å². The van der Waals surface area contributed by atoms with Gasteiger partial charge in [0.1, 0.15) is 5.75 Å². The first-order valence-electron chi connectivity index (χ1n) is 4.94. The highest BCUT2D eigenvalue weighted by atomic mass is 16.5. The van der Waals surface area contributed by atoms with Crippen molar-refractivity contribution in [3.05, 3.63) is 41.5 Å². The van der Waals surface area contributed by atoms with Crippen LogP contribution in [0.3, 0.4) is 0 Å². The summed E-state index contributed by atoms with van der Waals surface area (Å²) in [5.41, 5.74) is 1.33. The van der Waals surface area contributed by atoms with Crippen molar-refractivity contribution in [2.45, 2.75) is 6.92 Å². The lowest BCUT2D eigenvalue weighted by Gasteiger charge is -2.06. The van der Waals surface area contributed by atoms with E-state index in [1.54, 1.807) is 24.3 Å². The summed E-state index contributed by atoms with van der Waals surface area (Å²) in [6, 6.07) is 8.67. The number of rotatable bonds is 1. The molecule has 0 aliphatic rings. The summed E-state index contributed by atoms with van der Waals surface area (Å²) in [5.74, 6) is -0.0917. The third-order valence-corrected chi connectivity index (χ3v) is 2.68. The number of fused-ring (bicyclic) bond motifs is 1. The molecule has 82 valence electrons. The first kappa shape index (κ1) is 10.5. The lowest BCUT2D eigenvalue weighted by Crippen LogP contribution is -2.00. The summed E-state index contributed by atoms with van der Waals surface area (Å²) < 4.78 is 4.65. The van der Waals surface area contributed by atoms with E-state index in [-0.39, 0.29) is 11.7 Å². The molecule has 0 aliphatic heterocycles. The maximum absolute atomic E-state index is 11.3. The number of aromatic hydroxyl groups is 1. The molecule has 2 aromatic rings. The van der Waals surface area contributed by atoms with Crippen molar-refractivity contribution in [1.29, 1.82) is 0 Å². The summed E-state index contributed by atoms with van der Waals surface area (Å²) >= 11 is 0. The third kappa shape index (κ3) is 1.60. The fraction of sp³-hybridized carbons (Fsp3) is 0.154. The predicted molar refractivity (Wildman–Crippen MR) is 61.7 cm³/mol. The summed E-state index contributed by atoms with van der Waals surface area (Å²) in [7, 11) is 1.36. The van der Waals surface area contributed by atoms with Crippen LogP contribution in [-0.4, -0.2) is 18.2 Å². The zero-order valence-corrected chi connectivity index (χ0v) is 9.15. The van der Waals surface area contributed by atoms with Gasteiger partial charge < -0.3 is 9.84 Å².